The minimum Gasteiger partial charge on any atom is -0.484 e. The molecule has 0 saturated heterocycles. The molecular formula is C18H21NO2. The molecule has 0 saturated carbocycles. The number of nitrogens with one attached hydrogen (secondary N) is 1. The molecule has 0 aliphatic carbocycles. The van der Waals surface area contributed by atoms with E-state index in [2.05, 4.69) is 25.2 Å². The Labute approximate surface area is 126 Å². The summed E-state index contributed by atoms with van der Waals surface area (Å²) in [7, 11) is 0. The van der Waals surface area contributed by atoms with Gasteiger partial charge in [-0.3, -0.25) is 4.79 Å². The van der Waals surface area contributed by atoms with Crippen molar-refractivity contribution in [2.24, 2.45) is 0 Å². The molecule has 21 heavy (non-hydrogen) atoms. The van der Waals surface area contributed by atoms with Crippen molar-refractivity contribution in [2.75, 3.05) is 11.9 Å². The van der Waals surface area contributed by atoms with Crippen LogP contribution in [-0.2, 0) is 4.79 Å². The van der Waals surface area contributed by atoms with Gasteiger partial charge in [0.05, 0.1) is 0 Å². The van der Waals surface area contributed by atoms with Gasteiger partial charge in [0.15, 0.2) is 6.61 Å². The molecule has 0 heterocycles. The summed E-state index contributed by atoms with van der Waals surface area (Å²) in [6, 6.07) is 17.3. The van der Waals surface area contributed by atoms with Crippen molar-refractivity contribution in [1.82, 2.24) is 0 Å². The molecule has 1 unspecified atom stereocenters. The van der Waals surface area contributed by atoms with Crippen molar-refractivity contribution in [2.45, 2.75) is 26.2 Å². The second kappa shape index (κ2) is 7.48. The number of benzene rings is 2. The number of rotatable bonds is 6. The molecule has 2 aromatic carbocycles. The van der Waals surface area contributed by atoms with E-state index in [1.54, 1.807) is 0 Å². The quantitative estimate of drug-likeness (QED) is 0.862. The van der Waals surface area contributed by atoms with Crippen LogP contribution in [0.4, 0.5) is 5.69 Å². The van der Waals surface area contributed by atoms with Crippen LogP contribution < -0.4 is 10.1 Å². The maximum Gasteiger partial charge on any atom is 0.262 e. The normalized spacial score (nSPS) is 11.7. The fourth-order valence-corrected chi connectivity index (χ4v) is 2.11. The summed E-state index contributed by atoms with van der Waals surface area (Å²) in [5.74, 6) is 0.967. The molecular weight excluding hydrogens is 262 g/mol. The molecule has 0 spiro atoms. The summed E-state index contributed by atoms with van der Waals surface area (Å²) in [6.07, 6.45) is 1.04. The average molecular weight is 283 g/mol. The summed E-state index contributed by atoms with van der Waals surface area (Å²) < 4.78 is 5.45. The minimum atomic E-state index is -0.144. The largest absolute Gasteiger partial charge is 0.484 e. The lowest BCUT2D eigenvalue weighted by Crippen LogP contribution is -2.21. The number of carbonyl (C=O) groups excluding carboxylic acids is 1. The maximum absolute atomic E-state index is 12.0. The van der Waals surface area contributed by atoms with Crippen molar-refractivity contribution in [1.29, 1.82) is 0 Å². The van der Waals surface area contributed by atoms with E-state index in [1.165, 1.54) is 0 Å². The summed E-state index contributed by atoms with van der Waals surface area (Å²) in [4.78, 5) is 12.0. The van der Waals surface area contributed by atoms with E-state index in [4.69, 9.17) is 4.74 Å². The molecule has 0 radical (unpaired) electrons. The van der Waals surface area contributed by atoms with E-state index < -0.39 is 0 Å². The predicted octanol–water partition coefficient (Wildman–Crippen LogP) is 4.22. The standard InChI is InChI=1S/C18H21NO2/c1-3-14(2)16-11-7-8-12-17(16)19-18(20)13-21-15-9-5-4-6-10-15/h4-12,14H,3,13H2,1-2H3,(H,19,20). The summed E-state index contributed by atoms with van der Waals surface area (Å²) in [5, 5.41) is 2.93. The zero-order chi connectivity index (χ0) is 15.1. The van der Waals surface area contributed by atoms with Crippen LogP contribution in [-0.4, -0.2) is 12.5 Å². The van der Waals surface area contributed by atoms with Crippen molar-refractivity contribution >= 4 is 11.6 Å². The van der Waals surface area contributed by atoms with Crippen molar-refractivity contribution in [3.05, 3.63) is 60.2 Å². The summed E-state index contributed by atoms with van der Waals surface area (Å²) in [6.45, 7) is 4.31. The van der Waals surface area contributed by atoms with Gasteiger partial charge in [0.2, 0.25) is 0 Å². The van der Waals surface area contributed by atoms with Gasteiger partial charge >= 0.3 is 0 Å². The van der Waals surface area contributed by atoms with Gasteiger partial charge in [-0.1, -0.05) is 50.2 Å². The van der Waals surface area contributed by atoms with Crippen LogP contribution in [0, 0.1) is 0 Å². The SMILES string of the molecule is CCC(C)c1ccccc1NC(=O)COc1ccccc1. The fourth-order valence-electron chi connectivity index (χ4n) is 2.11. The first-order chi connectivity index (χ1) is 10.2. The lowest BCUT2D eigenvalue weighted by Gasteiger charge is -2.15. The molecule has 2 aromatic rings. The number of amides is 1. The Morgan fingerprint density at radius 3 is 2.48 bits per heavy atom. The maximum atomic E-state index is 12.0. The first-order valence-corrected chi connectivity index (χ1v) is 7.27. The van der Waals surface area contributed by atoms with Gasteiger partial charge in [0.1, 0.15) is 5.75 Å². The summed E-state index contributed by atoms with van der Waals surface area (Å²) >= 11 is 0. The van der Waals surface area contributed by atoms with Crippen molar-refractivity contribution in [3.8, 4) is 5.75 Å². The number of carbonyl (C=O) groups is 1. The van der Waals surface area contributed by atoms with Gasteiger partial charge in [0.25, 0.3) is 5.91 Å². The van der Waals surface area contributed by atoms with E-state index in [0.29, 0.717) is 11.7 Å². The Morgan fingerprint density at radius 1 is 1.10 bits per heavy atom. The first kappa shape index (κ1) is 15.1. The number of para-hydroxylation sites is 2. The highest BCUT2D eigenvalue weighted by Crippen LogP contribution is 2.26. The monoisotopic (exact) mass is 283 g/mol. The van der Waals surface area contributed by atoms with E-state index >= 15 is 0 Å². The van der Waals surface area contributed by atoms with Crippen LogP contribution in [0.5, 0.6) is 5.75 Å². The van der Waals surface area contributed by atoms with Crippen LogP contribution in [0.2, 0.25) is 0 Å². The zero-order valence-corrected chi connectivity index (χ0v) is 12.5. The van der Waals surface area contributed by atoms with E-state index in [1.807, 2.05) is 48.5 Å². The third kappa shape index (κ3) is 4.35. The topological polar surface area (TPSA) is 38.3 Å². The highest BCUT2D eigenvalue weighted by atomic mass is 16.5. The van der Waals surface area contributed by atoms with Crippen molar-refractivity contribution in [3.63, 3.8) is 0 Å². The molecule has 3 nitrogen and oxygen atoms in total. The second-order valence-corrected chi connectivity index (χ2v) is 5.05. The molecule has 0 aliphatic heterocycles. The molecule has 3 heteroatoms. The molecule has 1 N–H and O–H groups in total. The number of hydrogen-bond acceptors (Lipinski definition) is 2. The van der Waals surface area contributed by atoms with Crippen LogP contribution in [0.25, 0.3) is 0 Å². The van der Waals surface area contributed by atoms with E-state index in [9.17, 15) is 4.79 Å². The summed E-state index contributed by atoms with van der Waals surface area (Å²) in [5.41, 5.74) is 2.03. The Hall–Kier alpha value is -2.29. The van der Waals surface area contributed by atoms with Gasteiger partial charge in [-0.2, -0.15) is 0 Å². The third-order valence-electron chi connectivity index (χ3n) is 3.49. The molecule has 0 aliphatic rings. The fraction of sp³-hybridized carbons (Fsp3) is 0.278. The Morgan fingerprint density at radius 2 is 1.76 bits per heavy atom. The second-order valence-electron chi connectivity index (χ2n) is 5.05. The number of ether oxygens (including phenoxy) is 1. The van der Waals surface area contributed by atoms with Crippen LogP contribution in [0.15, 0.2) is 54.6 Å². The lowest BCUT2D eigenvalue weighted by atomic mass is 9.97. The Bertz CT molecular complexity index is 581. The Kier molecular flexibility index (Phi) is 5.38. The first-order valence-electron chi connectivity index (χ1n) is 7.27. The highest BCUT2D eigenvalue weighted by molar-refractivity contribution is 5.92. The lowest BCUT2D eigenvalue weighted by molar-refractivity contribution is -0.118. The van der Waals surface area contributed by atoms with Gasteiger partial charge in [0, 0.05) is 5.69 Å². The third-order valence-corrected chi connectivity index (χ3v) is 3.49. The van der Waals surface area contributed by atoms with Gasteiger partial charge in [-0.15, -0.1) is 0 Å². The van der Waals surface area contributed by atoms with Crippen LogP contribution in [0.3, 0.4) is 0 Å². The molecule has 0 bridgehead atoms. The number of anilines is 1. The smallest absolute Gasteiger partial charge is 0.262 e. The molecule has 110 valence electrons. The minimum absolute atomic E-state index is 0.0128. The van der Waals surface area contributed by atoms with E-state index in [0.717, 1.165) is 17.7 Å². The van der Waals surface area contributed by atoms with Gasteiger partial charge < -0.3 is 10.1 Å². The number of hydrogen-bond donors (Lipinski definition) is 1. The van der Waals surface area contributed by atoms with Crippen molar-refractivity contribution < 1.29 is 9.53 Å². The predicted molar refractivity (Wildman–Crippen MR) is 85.7 cm³/mol. The van der Waals surface area contributed by atoms with Gasteiger partial charge in [-0.25, -0.2) is 0 Å². The molecule has 1 amide bonds. The van der Waals surface area contributed by atoms with Crippen LogP contribution in [0.1, 0.15) is 31.7 Å². The molecule has 0 fully saturated rings. The molecule has 1 atom stereocenters. The Balaban J connectivity index is 1.97. The average Bonchev–Trinajstić information content (AvgIpc) is 2.54. The molecule has 2 rings (SSSR count). The van der Waals surface area contributed by atoms with Gasteiger partial charge in [-0.05, 0) is 36.1 Å². The van der Waals surface area contributed by atoms with E-state index in [-0.39, 0.29) is 12.5 Å². The van der Waals surface area contributed by atoms with Crippen LogP contribution >= 0.6 is 0 Å². The highest BCUT2D eigenvalue weighted by Gasteiger charge is 2.11. The molecule has 0 aromatic heterocycles. The zero-order valence-electron chi connectivity index (χ0n) is 12.5.